The quantitative estimate of drug-likeness (QED) is 0.605. The van der Waals surface area contributed by atoms with E-state index in [9.17, 15) is 4.79 Å². The second kappa shape index (κ2) is 5.88. The molecule has 1 aromatic heterocycles. The third kappa shape index (κ3) is 2.80. The van der Waals surface area contributed by atoms with Gasteiger partial charge in [-0.1, -0.05) is 29.8 Å². The number of halogens is 1. The van der Waals surface area contributed by atoms with E-state index >= 15 is 0 Å². The molecular formula is C17H13ClO2S. The van der Waals surface area contributed by atoms with Crippen LogP contribution in [0.3, 0.4) is 0 Å². The van der Waals surface area contributed by atoms with E-state index in [2.05, 4.69) is 18.2 Å². The van der Waals surface area contributed by atoms with Crippen LogP contribution in [-0.2, 0) is 4.74 Å². The number of ether oxygens (including phenoxy) is 1. The average molecular weight is 317 g/mol. The van der Waals surface area contributed by atoms with Gasteiger partial charge >= 0.3 is 5.97 Å². The lowest BCUT2D eigenvalue weighted by atomic mass is 10.1. The number of benzene rings is 2. The highest BCUT2D eigenvalue weighted by Gasteiger charge is 2.16. The van der Waals surface area contributed by atoms with E-state index < -0.39 is 0 Å². The Labute approximate surface area is 131 Å². The van der Waals surface area contributed by atoms with Crippen LogP contribution in [-0.4, -0.2) is 12.6 Å². The van der Waals surface area contributed by atoms with Crippen LogP contribution in [0.1, 0.15) is 17.3 Å². The Hall–Kier alpha value is -1.84. The molecule has 0 aliphatic heterocycles. The van der Waals surface area contributed by atoms with E-state index in [1.165, 1.54) is 4.70 Å². The Balaban J connectivity index is 2.15. The topological polar surface area (TPSA) is 26.3 Å². The number of rotatable bonds is 3. The highest BCUT2D eigenvalue weighted by Crippen LogP contribution is 2.36. The molecule has 0 N–H and O–H groups in total. The summed E-state index contributed by atoms with van der Waals surface area (Å²) < 4.78 is 6.31. The van der Waals surface area contributed by atoms with Crippen molar-refractivity contribution in [3.8, 4) is 10.4 Å². The van der Waals surface area contributed by atoms with Crippen molar-refractivity contribution < 1.29 is 9.53 Å². The lowest BCUT2D eigenvalue weighted by molar-refractivity contribution is 0.0527. The Morgan fingerprint density at radius 2 is 2.00 bits per heavy atom. The van der Waals surface area contributed by atoms with Crippen LogP contribution in [0.5, 0.6) is 0 Å². The van der Waals surface area contributed by atoms with E-state index in [1.54, 1.807) is 30.4 Å². The van der Waals surface area contributed by atoms with E-state index in [1.807, 2.05) is 18.2 Å². The summed E-state index contributed by atoms with van der Waals surface area (Å²) in [6.45, 7) is 2.15. The van der Waals surface area contributed by atoms with Crippen molar-refractivity contribution in [2.24, 2.45) is 0 Å². The van der Waals surface area contributed by atoms with Gasteiger partial charge < -0.3 is 4.74 Å². The number of fused-ring (bicyclic) bond motifs is 1. The molecule has 106 valence electrons. The Kier molecular flexibility index (Phi) is 3.95. The molecule has 0 fully saturated rings. The van der Waals surface area contributed by atoms with Crippen LogP contribution in [0.15, 0.2) is 48.5 Å². The fourth-order valence-corrected chi connectivity index (χ4v) is 3.49. The predicted octanol–water partition coefficient (Wildman–Crippen LogP) is 5.40. The molecule has 4 heteroatoms. The average Bonchev–Trinajstić information content (AvgIpc) is 2.91. The maximum atomic E-state index is 12.1. The van der Waals surface area contributed by atoms with Crippen LogP contribution in [0, 0.1) is 0 Å². The summed E-state index contributed by atoms with van der Waals surface area (Å²) in [5.74, 6) is -0.318. The van der Waals surface area contributed by atoms with E-state index in [0.29, 0.717) is 17.2 Å². The standard InChI is InChI=1S/C17H13ClO2S/c1-2-20-17(19)13-8-7-12(18)10-14(13)16-9-11-5-3-4-6-15(11)21-16/h3-10H,2H2,1H3. The van der Waals surface area contributed by atoms with Gasteiger partial charge in [0.05, 0.1) is 12.2 Å². The first-order chi connectivity index (χ1) is 10.2. The van der Waals surface area contributed by atoms with Gasteiger partial charge in [-0.05, 0) is 42.6 Å². The zero-order valence-corrected chi connectivity index (χ0v) is 13.0. The molecule has 2 aromatic carbocycles. The van der Waals surface area contributed by atoms with Crippen LogP contribution < -0.4 is 0 Å². The van der Waals surface area contributed by atoms with Crippen LogP contribution >= 0.6 is 22.9 Å². The molecule has 21 heavy (non-hydrogen) atoms. The van der Waals surface area contributed by atoms with Gasteiger partial charge in [-0.3, -0.25) is 0 Å². The van der Waals surface area contributed by atoms with Gasteiger partial charge in [-0.2, -0.15) is 0 Å². The summed E-state index contributed by atoms with van der Waals surface area (Å²) in [6.07, 6.45) is 0. The second-order valence-electron chi connectivity index (χ2n) is 4.56. The predicted molar refractivity (Wildman–Crippen MR) is 88.2 cm³/mol. The summed E-state index contributed by atoms with van der Waals surface area (Å²) in [5, 5.41) is 1.77. The highest BCUT2D eigenvalue weighted by molar-refractivity contribution is 7.22. The Morgan fingerprint density at radius 3 is 2.76 bits per heavy atom. The zero-order valence-electron chi connectivity index (χ0n) is 11.4. The van der Waals surface area contributed by atoms with Gasteiger partial charge in [-0.25, -0.2) is 4.79 Å². The van der Waals surface area contributed by atoms with Gasteiger partial charge in [0, 0.05) is 20.2 Å². The summed E-state index contributed by atoms with van der Waals surface area (Å²) >= 11 is 7.74. The molecule has 3 aromatic rings. The molecular weight excluding hydrogens is 304 g/mol. The van der Waals surface area contributed by atoms with Gasteiger partial charge in [0.25, 0.3) is 0 Å². The molecule has 0 aliphatic carbocycles. The molecule has 3 rings (SSSR count). The monoisotopic (exact) mass is 316 g/mol. The number of esters is 1. The number of hydrogen-bond donors (Lipinski definition) is 0. The van der Waals surface area contributed by atoms with Crippen LogP contribution in [0.2, 0.25) is 5.02 Å². The van der Waals surface area contributed by atoms with Gasteiger partial charge in [0.1, 0.15) is 0 Å². The van der Waals surface area contributed by atoms with Crippen LogP contribution in [0.25, 0.3) is 20.5 Å². The first kappa shape index (κ1) is 14.1. The molecule has 0 saturated carbocycles. The van der Waals surface area contributed by atoms with E-state index in [4.69, 9.17) is 16.3 Å². The lowest BCUT2D eigenvalue weighted by Crippen LogP contribution is -2.06. The van der Waals surface area contributed by atoms with Gasteiger partial charge in [0.15, 0.2) is 0 Å². The Bertz CT molecular complexity index is 774. The van der Waals surface area contributed by atoms with E-state index in [0.717, 1.165) is 15.8 Å². The minimum absolute atomic E-state index is 0.318. The number of carbonyl (C=O) groups excluding carboxylic acids is 1. The maximum absolute atomic E-state index is 12.1. The third-order valence-electron chi connectivity index (χ3n) is 3.17. The molecule has 2 nitrogen and oxygen atoms in total. The molecule has 0 bridgehead atoms. The zero-order chi connectivity index (χ0) is 14.8. The first-order valence-electron chi connectivity index (χ1n) is 6.64. The van der Waals surface area contributed by atoms with Crippen LogP contribution in [0.4, 0.5) is 0 Å². The molecule has 0 amide bonds. The number of hydrogen-bond acceptors (Lipinski definition) is 3. The molecule has 0 saturated heterocycles. The molecule has 0 aliphatic rings. The maximum Gasteiger partial charge on any atom is 0.338 e. The van der Waals surface area contributed by atoms with Crippen molar-refractivity contribution in [3.63, 3.8) is 0 Å². The van der Waals surface area contributed by atoms with Crippen molar-refractivity contribution >= 4 is 39.0 Å². The summed E-state index contributed by atoms with van der Waals surface area (Å²) in [6, 6.07) is 15.5. The smallest absolute Gasteiger partial charge is 0.338 e. The highest BCUT2D eigenvalue weighted by atomic mass is 35.5. The molecule has 1 heterocycles. The minimum Gasteiger partial charge on any atom is -0.462 e. The van der Waals surface area contributed by atoms with Crippen molar-refractivity contribution in [1.29, 1.82) is 0 Å². The number of carbonyl (C=O) groups is 1. The summed E-state index contributed by atoms with van der Waals surface area (Å²) in [7, 11) is 0. The first-order valence-corrected chi connectivity index (χ1v) is 7.84. The number of thiophene rings is 1. The largest absolute Gasteiger partial charge is 0.462 e. The lowest BCUT2D eigenvalue weighted by Gasteiger charge is -2.07. The van der Waals surface area contributed by atoms with Crippen molar-refractivity contribution in [1.82, 2.24) is 0 Å². The fourth-order valence-electron chi connectivity index (χ4n) is 2.22. The second-order valence-corrected chi connectivity index (χ2v) is 6.08. The van der Waals surface area contributed by atoms with Crippen molar-refractivity contribution in [2.45, 2.75) is 6.92 Å². The SMILES string of the molecule is CCOC(=O)c1ccc(Cl)cc1-c1cc2ccccc2s1. The fraction of sp³-hybridized carbons (Fsp3) is 0.118. The van der Waals surface area contributed by atoms with Crippen molar-refractivity contribution in [2.75, 3.05) is 6.61 Å². The molecule has 0 radical (unpaired) electrons. The third-order valence-corrected chi connectivity index (χ3v) is 4.55. The van der Waals surface area contributed by atoms with Gasteiger partial charge in [-0.15, -0.1) is 11.3 Å². The summed E-state index contributed by atoms with van der Waals surface area (Å²) in [4.78, 5) is 13.1. The van der Waals surface area contributed by atoms with E-state index in [-0.39, 0.29) is 5.97 Å². The molecule has 0 atom stereocenters. The normalized spacial score (nSPS) is 10.8. The summed E-state index contributed by atoms with van der Waals surface area (Å²) in [5.41, 5.74) is 1.37. The molecule has 0 unspecified atom stereocenters. The Morgan fingerprint density at radius 1 is 1.19 bits per heavy atom. The van der Waals surface area contributed by atoms with Crippen molar-refractivity contribution in [3.05, 3.63) is 59.1 Å². The van der Waals surface area contributed by atoms with Gasteiger partial charge in [0.2, 0.25) is 0 Å². The minimum atomic E-state index is -0.318. The molecule has 0 spiro atoms.